The normalized spacial score (nSPS) is 14.1. The minimum atomic E-state index is -4.63. The van der Waals surface area contributed by atoms with Gasteiger partial charge >= 0.3 is 18.0 Å². The molecule has 1 aliphatic rings. The van der Waals surface area contributed by atoms with Gasteiger partial charge in [-0.05, 0) is 60.7 Å². The molecular weight excluding hydrogens is 494 g/mol. The lowest BCUT2D eigenvalue weighted by Gasteiger charge is -2.14. The highest BCUT2D eigenvalue weighted by atomic mass is 19.4. The molecule has 0 aliphatic heterocycles. The maximum atomic E-state index is 13.1. The fraction of sp³-hybridized carbons (Fsp3) is 0.304. The molecule has 0 spiro atoms. The van der Waals surface area contributed by atoms with Gasteiger partial charge < -0.3 is 5.32 Å². The van der Waals surface area contributed by atoms with Crippen molar-refractivity contribution in [1.82, 2.24) is 19.7 Å². The molecule has 13 heteroatoms. The topological polar surface area (TPSA) is 86.0 Å². The van der Waals surface area contributed by atoms with Crippen molar-refractivity contribution in [2.45, 2.75) is 31.7 Å². The van der Waals surface area contributed by atoms with E-state index in [0.717, 1.165) is 49.2 Å². The molecule has 0 atom stereocenters. The van der Waals surface area contributed by atoms with E-state index in [0.29, 0.717) is 21.4 Å². The molecule has 190 valence electrons. The number of aromatic nitrogens is 3. The third kappa shape index (κ3) is 5.50. The number of nitrogens with zero attached hydrogens (tertiary/aromatic N) is 3. The van der Waals surface area contributed by atoms with E-state index in [1.165, 1.54) is 0 Å². The van der Waals surface area contributed by atoms with Gasteiger partial charge in [-0.3, -0.25) is 14.2 Å². The highest BCUT2D eigenvalue weighted by Crippen LogP contribution is 2.30. The molecule has 3 aromatic rings. The van der Waals surface area contributed by atoms with Crippen LogP contribution in [-0.4, -0.2) is 26.8 Å². The number of hydrogen-bond donors (Lipinski definition) is 1. The van der Waals surface area contributed by atoms with Gasteiger partial charge in [-0.1, -0.05) is 12.1 Å². The number of carbonyl (C=O) groups excluding carboxylic acids is 1. The van der Waals surface area contributed by atoms with Crippen LogP contribution in [0.25, 0.3) is 5.69 Å². The van der Waals surface area contributed by atoms with Crippen molar-refractivity contribution in [3.05, 3.63) is 91.8 Å². The summed E-state index contributed by atoms with van der Waals surface area (Å²) in [4.78, 5) is 38.7. The van der Waals surface area contributed by atoms with Crippen molar-refractivity contribution < 1.29 is 31.1 Å². The molecule has 1 heterocycles. The van der Waals surface area contributed by atoms with E-state index in [1.54, 1.807) is 0 Å². The zero-order chi connectivity index (χ0) is 26.3. The van der Waals surface area contributed by atoms with Crippen molar-refractivity contribution >= 4 is 5.91 Å². The maximum absolute atomic E-state index is 13.1. The first-order valence-corrected chi connectivity index (χ1v) is 10.7. The predicted molar refractivity (Wildman–Crippen MR) is 115 cm³/mol. The van der Waals surface area contributed by atoms with Crippen LogP contribution in [0.1, 0.15) is 40.0 Å². The lowest BCUT2D eigenvalue weighted by molar-refractivity contribution is -0.138. The number of amides is 1. The van der Waals surface area contributed by atoms with E-state index < -0.39 is 52.9 Å². The summed E-state index contributed by atoms with van der Waals surface area (Å²) >= 11 is 0. The number of rotatable bonds is 6. The van der Waals surface area contributed by atoms with Crippen LogP contribution in [0.2, 0.25) is 0 Å². The summed E-state index contributed by atoms with van der Waals surface area (Å²) in [5.74, 6) is -0.627. The van der Waals surface area contributed by atoms with Crippen LogP contribution in [0.5, 0.6) is 0 Å². The predicted octanol–water partition coefficient (Wildman–Crippen LogP) is 3.62. The molecular formula is C23H18F6N4O3. The van der Waals surface area contributed by atoms with Crippen LogP contribution < -0.4 is 16.6 Å². The minimum absolute atomic E-state index is 0.148. The standard InChI is InChI=1S/C23H18F6N4O3/c24-22(25,26)15-5-3-14(4-6-15)12-32-20(35)18(19(34)30-11-13-1-2-13)31-33(21(32)36)17-9-7-16(8-10-17)23(27,28)29/h3-10,13H,1-2,11-12H2,(H,30,34). The van der Waals surface area contributed by atoms with Crippen LogP contribution in [0.4, 0.5) is 26.3 Å². The van der Waals surface area contributed by atoms with E-state index in [9.17, 15) is 40.7 Å². The van der Waals surface area contributed by atoms with Crippen LogP contribution in [0, 0.1) is 5.92 Å². The monoisotopic (exact) mass is 512 g/mol. The number of benzene rings is 2. The molecule has 1 saturated carbocycles. The average molecular weight is 512 g/mol. The Kier molecular flexibility index (Phi) is 6.50. The van der Waals surface area contributed by atoms with Gasteiger partial charge in [0.05, 0.1) is 23.4 Å². The first kappa shape index (κ1) is 25.2. The third-order valence-electron chi connectivity index (χ3n) is 5.58. The molecule has 1 aliphatic carbocycles. The molecule has 0 radical (unpaired) electrons. The van der Waals surface area contributed by atoms with Crippen LogP contribution >= 0.6 is 0 Å². The summed E-state index contributed by atoms with van der Waals surface area (Å²) in [5.41, 5.74) is -4.77. The van der Waals surface area contributed by atoms with Crippen LogP contribution in [-0.2, 0) is 18.9 Å². The van der Waals surface area contributed by atoms with E-state index in [2.05, 4.69) is 10.4 Å². The van der Waals surface area contributed by atoms with Gasteiger partial charge in [0, 0.05) is 6.54 Å². The average Bonchev–Trinajstić information content (AvgIpc) is 3.64. The summed E-state index contributed by atoms with van der Waals surface area (Å²) in [7, 11) is 0. The largest absolute Gasteiger partial charge is 0.416 e. The second-order valence-electron chi connectivity index (χ2n) is 8.33. The zero-order valence-corrected chi connectivity index (χ0v) is 18.4. The summed E-state index contributed by atoms with van der Waals surface area (Å²) in [6.45, 7) is -0.222. The van der Waals surface area contributed by atoms with E-state index in [1.807, 2.05) is 0 Å². The Morgan fingerprint density at radius 2 is 1.42 bits per heavy atom. The lowest BCUT2D eigenvalue weighted by atomic mass is 10.1. The Morgan fingerprint density at radius 1 is 0.889 bits per heavy atom. The number of carbonyl (C=O) groups is 1. The first-order chi connectivity index (χ1) is 16.8. The molecule has 0 unspecified atom stereocenters. The van der Waals surface area contributed by atoms with Gasteiger partial charge in [0.25, 0.3) is 11.5 Å². The SMILES string of the molecule is O=C(NCC1CC1)c1nn(-c2ccc(C(F)(F)F)cc2)c(=O)n(Cc2ccc(C(F)(F)F)cc2)c1=O. The number of hydrogen-bond acceptors (Lipinski definition) is 4. The second kappa shape index (κ2) is 9.28. The van der Waals surface area contributed by atoms with Gasteiger partial charge in [0.1, 0.15) is 0 Å². The fourth-order valence-electron chi connectivity index (χ4n) is 3.38. The zero-order valence-electron chi connectivity index (χ0n) is 18.4. The van der Waals surface area contributed by atoms with Gasteiger partial charge in [-0.2, -0.15) is 36.1 Å². The molecule has 0 bridgehead atoms. The van der Waals surface area contributed by atoms with Crippen molar-refractivity contribution in [2.24, 2.45) is 5.92 Å². The summed E-state index contributed by atoms with van der Waals surface area (Å²) < 4.78 is 78.6. The van der Waals surface area contributed by atoms with E-state index in [4.69, 9.17) is 0 Å². The number of halogens is 6. The molecule has 1 aromatic heterocycles. The van der Waals surface area contributed by atoms with Crippen LogP contribution in [0.3, 0.4) is 0 Å². The summed E-state index contributed by atoms with van der Waals surface area (Å²) in [6.07, 6.45) is -7.42. The Morgan fingerprint density at radius 3 is 1.92 bits per heavy atom. The lowest BCUT2D eigenvalue weighted by Crippen LogP contribution is -2.46. The molecule has 2 aromatic carbocycles. The maximum Gasteiger partial charge on any atom is 0.416 e. The van der Waals surface area contributed by atoms with Crippen molar-refractivity contribution in [3.63, 3.8) is 0 Å². The minimum Gasteiger partial charge on any atom is -0.350 e. The Balaban J connectivity index is 1.77. The second-order valence-corrected chi connectivity index (χ2v) is 8.33. The van der Waals surface area contributed by atoms with Crippen molar-refractivity contribution in [2.75, 3.05) is 6.54 Å². The summed E-state index contributed by atoms with van der Waals surface area (Å²) in [6, 6.07) is 7.03. The number of nitrogens with one attached hydrogen (secondary N) is 1. The smallest absolute Gasteiger partial charge is 0.350 e. The number of alkyl halides is 6. The van der Waals surface area contributed by atoms with Crippen LogP contribution in [0.15, 0.2) is 58.1 Å². The quantitative estimate of drug-likeness (QED) is 0.512. The highest BCUT2D eigenvalue weighted by molar-refractivity contribution is 5.91. The molecule has 1 fully saturated rings. The first-order valence-electron chi connectivity index (χ1n) is 10.7. The van der Waals surface area contributed by atoms with Gasteiger partial charge in [-0.25, -0.2) is 4.79 Å². The molecule has 1 amide bonds. The molecule has 7 nitrogen and oxygen atoms in total. The fourth-order valence-corrected chi connectivity index (χ4v) is 3.38. The Bertz CT molecular complexity index is 1390. The Labute approximate surface area is 199 Å². The summed E-state index contributed by atoms with van der Waals surface area (Å²) in [5, 5.41) is 6.35. The van der Waals surface area contributed by atoms with Gasteiger partial charge in [0.15, 0.2) is 0 Å². The van der Waals surface area contributed by atoms with Crippen molar-refractivity contribution in [3.8, 4) is 5.69 Å². The third-order valence-corrected chi connectivity index (χ3v) is 5.58. The molecule has 0 saturated heterocycles. The molecule has 1 N–H and O–H groups in total. The van der Waals surface area contributed by atoms with Gasteiger partial charge in [0.2, 0.25) is 5.69 Å². The van der Waals surface area contributed by atoms with E-state index >= 15 is 0 Å². The molecule has 4 rings (SSSR count). The highest BCUT2D eigenvalue weighted by Gasteiger charge is 2.31. The molecule has 36 heavy (non-hydrogen) atoms. The van der Waals surface area contributed by atoms with Crippen molar-refractivity contribution in [1.29, 1.82) is 0 Å². The van der Waals surface area contributed by atoms with E-state index in [-0.39, 0.29) is 23.7 Å². The van der Waals surface area contributed by atoms with Gasteiger partial charge in [-0.15, -0.1) is 0 Å². The Hall–Kier alpha value is -3.90.